The Kier molecular flexibility index (Phi) is 4.14. The lowest BCUT2D eigenvalue weighted by Crippen LogP contribution is -2.39. The summed E-state index contributed by atoms with van der Waals surface area (Å²) in [6.07, 6.45) is 4.80. The number of rotatable bonds is 3. The molecule has 1 aliphatic rings. The molecule has 1 aromatic rings. The Morgan fingerprint density at radius 2 is 2.12 bits per heavy atom. The minimum Gasteiger partial charge on any atom is -0.361 e. The van der Waals surface area contributed by atoms with Crippen molar-refractivity contribution in [1.29, 1.82) is 0 Å². The summed E-state index contributed by atoms with van der Waals surface area (Å²) in [6, 6.07) is 1.60. The van der Waals surface area contributed by atoms with Gasteiger partial charge in [0.25, 0.3) is 0 Å². The van der Waals surface area contributed by atoms with E-state index in [1.807, 2.05) is 4.90 Å². The Hall–Kier alpha value is -1.36. The van der Waals surface area contributed by atoms with Crippen LogP contribution >= 0.6 is 11.6 Å². The molecule has 2 heterocycles. The van der Waals surface area contributed by atoms with E-state index >= 15 is 0 Å². The van der Waals surface area contributed by atoms with Crippen molar-refractivity contribution < 1.29 is 4.79 Å². The van der Waals surface area contributed by atoms with Gasteiger partial charge in [-0.3, -0.25) is 4.79 Å². The maximum absolute atomic E-state index is 11.8. The summed E-state index contributed by atoms with van der Waals surface area (Å²) >= 11 is 5.72. The highest BCUT2D eigenvalue weighted by molar-refractivity contribution is 6.29. The average Bonchev–Trinajstić information content (AvgIpc) is 2.37. The Morgan fingerprint density at radius 1 is 1.35 bits per heavy atom. The number of nitrogens with zero attached hydrogens (tertiary/aromatic N) is 3. The topological polar surface area (TPSA) is 58.1 Å². The third kappa shape index (κ3) is 3.56. The average molecular weight is 255 g/mol. The van der Waals surface area contributed by atoms with Crippen LogP contribution in [0.3, 0.4) is 0 Å². The Balaban J connectivity index is 1.83. The molecule has 17 heavy (non-hydrogen) atoms. The summed E-state index contributed by atoms with van der Waals surface area (Å²) in [6.45, 7) is 1.99. The number of amides is 1. The van der Waals surface area contributed by atoms with Crippen LogP contribution in [0.15, 0.2) is 12.4 Å². The molecule has 0 aromatic carbocycles. The van der Waals surface area contributed by atoms with Crippen molar-refractivity contribution in [3.63, 3.8) is 0 Å². The highest BCUT2D eigenvalue weighted by Crippen LogP contribution is 2.10. The molecular weight excluding hydrogens is 240 g/mol. The highest BCUT2D eigenvalue weighted by atomic mass is 35.5. The van der Waals surface area contributed by atoms with Crippen LogP contribution in [-0.4, -0.2) is 40.4 Å². The maximum atomic E-state index is 11.8. The number of carbonyl (C=O) groups excluding carboxylic acids is 1. The van der Waals surface area contributed by atoms with Crippen molar-refractivity contribution in [3.05, 3.63) is 17.5 Å². The maximum Gasteiger partial charge on any atom is 0.241 e. The smallest absolute Gasteiger partial charge is 0.241 e. The van der Waals surface area contributed by atoms with Crippen LogP contribution in [0, 0.1) is 0 Å². The van der Waals surface area contributed by atoms with Gasteiger partial charge in [-0.2, -0.15) is 0 Å². The van der Waals surface area contributed by atoms with Gasteiger partial charge in [0.05, 0.1) is 6.54 Å². The molecule has 1 amide bonds. The van der Waals surface area contributed by atoms with E-state index in [0.29, 0.717) is 11.0 Å². The SMILES string of the molecule is O=C(CNc1cc(Cl)ncn1)N1CCCCC1. The Bertz CT molecular complexity index is 393. The fourth-order valence-corrected chi connectivity index (χ4v) is 2.00. The van der Waals surface area contributed by atoms with E-state index in [2.05, 4.69) is 15.3 Å². The fourth-order valence-electron chi connectivity index (χ4n) is 1.85. The lowest BCUT2D eigenvalue weighted by Gasteiger charge is -2.26. The molecule has 5 nitrogen and oxygen atoms in total. The summed E-state index contributed by atoms with van der Waals surface area (Å²) in [5, 5.41) is 3.32. The van der Waals surface area contributed by atoms with Crippen molar-refractivity contribution >= 4 is 23.3 Å². The number of hydrogen-bond acceptors (Lipinski definition) is 4. The van der Waals surface area contributed by atoms with Gasteiger partial charge in [-0.25, -0.2) is 9.97 Å². The molecule has 2 rings (SSSR count). The summed E-state index contributed by atoms with van der Waals surface area (Å²) < 4.78 is 0. The standard InChI is InChI=1S/C11H15ClN4O/c12-9-6-10(15-8-14-9)13-7-11(17)16-4-2-1-3-5-16/h6,8H,1-5,7H2,(H,13,14,15). The van der Waals surface area contributed by atoms with Crippen LogP contribution in [0.5, 0.6) is 0 Å². The molecule has 0 bridgehead atoms. The monoisotopic (exact) mass is 254 g/mol. The van der Waals surface area contributed by atoms with Crippen molar-refractivity contribution in [3.8, 4) is 0 Å². The molecule has 1 fully saturated rings. The van der Waals surface area contributed by atoms with Gasteiger partial charge in [-0.05, 0) is 19.3 Å². The first kappa shape index (κ1) is 12.1. The Morgan fingerprint density at radius 3 is 2.82 bits per heavy atom. The lowest BCUT2D eigenvalue weighted by molar-refractivity contribution is -0.130. The second-order valence-corrected chi connectivity index (χ2v) is 4.41. The minimum absolute atomic E-state index is 0.111. The second kappa shape index (κ2) is 5.82. The van der Waals surface area contributed by atoms with Gasteiger partial charge in [0.1, 0.15) is 17.3 Å². The zero-order valence-corrected chi connectivity index (χ0v) is 10.3. The fraction of sp³-hybridized carbons (Fsp3) is 0.545. The minimum atomic E-state index is 0.111. The molecule has 0 radical (unpaired) electrons. The summed E-state index contributed by atoms with van der Waals surface area (Å²) in [5.74, 6) is 0.690. The van der Waals surface area contributed by atoms with E-state index in [1.165, 1.54) is 12.7 Å². The molecule has 1 aromatic heterocycles. The summed E-state index contributed by atoms with van der Waals surface area (Å²) in [7, 11) is 0. The van der Waals surface area contributed by atoms with E-state index in [-0.39, 0.29) is 12.5 Å². The zero-order chi connectivity index (χ0) is 12.1. The normalized spacial score (nSPS) is 15.7. The van der Waals surface area contributed by atoms with E-state index in [0.717, 1.165) is 25.9 Å². The van der Waals surface area contributed by atoms with Gasteiger partial charge in [-0.1, -0.05) is 11.6 Å². The summed E-state index contributed by atoms with van der Waals surface area (Å²) in [5.41, 5.74) is 0. The van der Waals surface area contributed by atoms with Crippen LogP contribution in [0.4, 0.5) is 5.82 Å². The van der Waals surface area contributed by atoms with Crippen molar-refractivity contribution in [2.75, 3.05) is 25.0 Å². The second-order valence-electron chi connectivity index (χ2n) is 4.02. The number of hydrogen-bond donors (Lipinski definition) is 1. The molecule has 0 unspecified atom stereocenters. The third-order valence-electron chi connectivity index (χ3n) is 2.76. The number of nitrogens with one attached hydrogen (secondary N) is 1. The number of carbonyl (C=O) groups is 1. The predicted octanol–water partition coefficient (Wildman–Crippen LogP) is 1.55. The zero-order valence-electron chi connectivity index (χ0n) is 9.53. The number of halogens is 1. The van der Waals surface area contributed by atoms with Gasteiger partial charge in [0.2, 0.25) is 5.91 Å². The van der Waals surface area contributed by atoms with E-state index in [1.54, 1.807) is 6.07 Å². The van der Waals surface area contributed by atoms with Gasteiger partial charge >= 0.3 is 0 Å². The van der Waals surface area contributed by atoms with Crippen LogP contribution in [0.1, 0.15) is 19.3 Å². The molecule has 0 aliphatic carbocycles. The van der Waals surface area contributed by atoms with Crippen LogP contribution in [0.2, 0.25) is 5.15 Å². The van der Waals surface area contributed by atoms with E-state index in [4.69, 9.17) is 11.6 Å². The quantitative estimate of drug-likeness (QED) is 0.832. The molecular formula is C11H15ClN4O. The third-order valence-corrected chi connectivity index (χ3v) is 2.97. The molecule has 0 spiro atoms. The number of likely N-dealkylation sites (tertiary alicyclic amines) is 1. The number of anilines is 1. The van der Waals surface area contributed by atoms with Crippen LogP contribution < -0.4 is 5.32 Å². The summed E-state index contributed by atoms with van der Waals surface area (Å²) in [4.78, 5) is 21.5. The van der Waals surface area contributed by atoms with Gasteiger partial charge < -0.3 is 10.2 Å². The molecule has 0 atom stereocenters. The molecule has 1 saturated heterocycles. The lowest BCUT2D eigenvalue weighted by atomic mass is 10.1. The van der Waals surface area contributed by atoms with Crippen molar-refractivity contribution in [1.82, 2.24) is 14.9 Å². The predicted molar refractivity (Wildman–Crippen MR) is 66.0 cm³/mol. The first-order chi connectivity index (χ1) is 8.25. The number of piperidine rings is 1. The highest BCUT2D eigenvalue weighted by Gasteiger charge is 2.15. The van der Waals surface area contributed by atoms with Crippen molar-refractivity contribution in [2.24, 2.45) is 0 Å². The van der Waals surface area contributed by atoms with E-state index in [9.17, 15) is 4.79 Å². The molecule has 92 valence electrons. The van der Waals surface area contributed by atoms with Crippen LogP contribution in [-0.2, 0) is 4.79 Å². The van der Waals surface area contributed by atoms with Gasteiger partial charge in [0, 0.05) is 19.2 Å². The largest absolute Gasteiger partial charge is 0.361 e. The Labute approximate surface area is 105 Å². The number of aromatic nitrogens is 2. The molecule has 0 saturated carbocycles. The van der Waals surface area contributed by atoms with E-state index < -0.39 is 0 Å². The van der Waals surface area contributed by atoms with Crippen molar-refractivity contribution in [2.45, 2.75) is 19.3 Å². The first-order valence-corrected chi connectivity index (χ1v) is 6.13. The molecule has 1 N–H and O–H groups in total. The first-order valence-electron chi connectivity index (χ1n) is 5.75. The molecule has 1 aliphatic heterocycles. The van der Waals surface area contributed by atoms with Gasteiger partial charge in [-0.15, -0.1) is 0 Å². The van der Waals surface area contributed by atoms with Gasteiger partial charge in [0.15, 0.2) is 0 Å². The molecule has 6 heteroatoms. The van der Waals surface area contributed by atoms with Crippen LogP contribution in [0.25, 0.3) is 0 Å².